The molecule has 3 aromatic rings. The molecule has 33 heavy (non-hydrogen) atoms. The van der Waals surface area contributed by atoms with Crippen LogP contribution >= 0.6 is 0 Å². The molecule has 0 unspecified atom stereocenters. The molecule has 9 heteroatoms. The number of para-hydroxylation sites is 1. The van der Waals surface area contributed by atoms with Gasteiger partial charge in [-0.2, -0.15) is 13.2 Å². The number of benzene rings is 2. The predicted octanol–water partition coefficient (Wildman–Crippen LogP) is 5.46. The molecule has 0 fully saturated rings. The number of nitrogens with one attached hydrogen (secondary N) is 1. The van der Waals surface area contributed by atoms with E-state index in [2.05, 4.69) is 10.3 Å². The van der Waals surface area contributed by atoms with Gasteiger partial charge in [0.2, 0.25) is 0 Å². The molecule has 0 aliphatic carbocycles. The lowest BCUT2D eigenvalue weighted by Crippen LogP contribution is -2.30. The Morgan fingerprint density at radius 3 is 2.67 bits per heavy atom. The van der Waals surface area contributed by atoms with Gasteiger partial charge in [-0.3, -0.25) is 4.98 Å². The van der Waals surface area contributed by atoms with E-state index in [1.54, 1.807) is 48.5 Å². The van der Waals surface area contributed by atoms with Gasteiger partial charge in [0.25, 0.3) is 0 Å². The SMILES string of the molecule is O=C(O)c1ccncc1NC[C@@H]1CCOc2cc(N(CC(F)(F)F)c3ccccc3)ccc21. The minimum atomic E-state index is -4.38. The molecule has 172 valence electrons. The van der Waals surface area contributed by atoms with Crippen LogP contribution in [0.1, 0.15) is 28.3 Å². The average Bonchev–Trinajstić information content (AvgIpc) is 2.81. The second kappa shape index (κ2) is 9.40. The number of carboxylic acid groups (broad SMARTS) is 1. The maximum absolute atomic E-state index is 13.3. The van der Waals surface area contributed by atoms with E-state index in [0.717, 1.165) is 5.56 Å². The summed E-state index contributed by atoms with van der Waals surface area (Å²) in [6.07, 6.45) is -0.821. The Kier molecular flexibility index (Phi) is 6.39. The molecule has 1 aliphatic heterocycles. The topological polar surface area (TPSA) is 74.7 Å². The first-order chi connectivity index (χ1) is 15.8. The molecule has 1 aliphatic rings. The van der Waals surface area contributed by atoms with Crippen molar-refractivity contribution in [3.8, 4) is 5.75 Å². The monoisotopic (exact) mass is 457 g/mol. The highest BCUT2D eigenvalue weighted by atomic mass is 19.4. The highest BCUT2D eigenvalue weighted by molar-refractivity contribution is 5.93. The largest absolute Gasteiger partial charge is 0.493 e. The zero-order chi connectivity index (χ0) is 23.4. The second-order valence-electron chi connectivity index (χ2n) is 7.70. The van der Waals surface area contributed by atoms with Gasteiger partial charge in [-0.25, -0.2) is 4.79 Å². The highest BCUT2D eigenvalue weighted by Crippen LogP contribution is 2.39. The summed E-state index contributed by atoms with van der Waals surface area (Å²) in [4.78, 5) is 16.6. The number of aromatic carboxylic acids is 1. The molecule has 0 saturated carbocycles. The maximum Gasteiger partial charge on any atom is 0.406 e. The molecular weight excluding hydrogens is 435 g/mol. The molecule has 0 saturated heterocycles. The number of fused-ring (bicyclic) bond motifs is 1. The van der Waals surface area contributed by atoms with Crippen molar-refractivity contribution < 1.29 is 27.8 Å². The second-order valence-corrected chi connectivity index (χ2v) is 7.70. The molecule has 0 bridgehead atoms. The van der Waals surface area contributed by atoms with Crippen molar-refractivity contribution in [3.05, 3.63) is 78.1 Å². The number of carbonyl (C=O) groups is 1. The molecule has 0 radical (unpaired) electrons. The van der Waals surface area contributed by atoms with Crippen molar-refractivity contribution in [1.82, 2.24) is 4.98 Å². The zero-order valence-electron chi connectivity index (χ0n) is 17.5. The molecular formula is C24H22F3N3O3. The number of nitrogens with zero attached hydrogens (tertiary/aromatic N) is 2. The minimum Gasteiger partial charge on any atom is -0.493 e. The van der Waals surface area contributed by atoms with Crippen LogP contribution in [0.5, 0.6) is 5.75 Å². The van der Waals surface area contributed by atoms with Crippen molar-refractivity contribution >= 4 is 23.0 Å². The zero-order valence-corrected chi connectivity index (χ0v) is 17.5. The molecule has 0 spiro atoms. The molecule has 0 amide bonds. The number of pyridine rings is 1. The Balaban J connectivity index is 1.58. The lowest BCUT2D eigenvalue weighted by atomic mass is 9.92. The molecule has 1 atom stereocenters. The summed E-state index contributed by atoms with van der Waals surface area (Å²) >= 11 is 0. The average molecular weight is 457 g/mol. The lowest BCUT2D eigenvalue weighted by Gasteiger charge is -2.30. The maximum atomic E-state index is 13.3. The fraction of sp³-hybridized carbons (Fsp3) is 0.250. The van der Waals surface area contributed by atoms with Crippen LogP contribution in [0.3, 0.4) is 0 Å². The van der Waals surface area contributed by atoms with Crippen molar-refractivity contribution in [2.75, 3.05) is 29.9 Å². The number of hydrogen-bond donors (Lipinski definition) is 2. The van der Waals surface area contributed by atoms with Crippen LogP contribution in [0.4, 0.5) is 30.2 Å². The van der Waals surface area contributed by atoms with E-state index in [9.17, 15) is 23.1 Å². The highest BCUT2D eigenvalue weighted by Gasteiger charge is 2.32. The third-order valence-corrected chi connectivity index (χ3v) is 5.47. The fourth-order valence-corrected chi connectivity index (χ4v) is 3.91. The number of rotatable bonds is 7. The van der Waals surface area contributed by atoms with Crippen LogP contribution in [-0.2, 0) is 0 Å². The minimum absolute atomic E-state index is 0.00237. The van der Waals surface area contributed by atoms with Gasteiger partial charge < -0.3 is 20.1 Å². The molecule has 2 N–H and O–H groups in total. The number of aromatic nitrogens is 1. The summed E-state index contributed by atoms with van der Waals surface area (Å²) in [6.45, 7) is -0.279. The Hall–Kier alpha value is -3.75. The van der Waals surface area contributed by atoms with Crippen molar-refractivity contribution in [2.24, 2.45) is 0 Å². The standard InChI is InChI=1S/C24H22F3N3O3/c25-24(26,27)15-30(17-4-2-1-3-5-17)18-6-7-19-16(9-11-33-22(19)12-18)13-29-21-14-28-10-8-20(21)23(31)32/h1-8,10,12,14,16,29H,9,11,13,15H2,(H,31,32)/t16-/m0/s1. The summed E-state index contributed by atoms with van der Waals surface area (Å²) in [7, 11) is 0. The summed E-state index contributed by atoms with van der Waals surface area (Å²) < 4.78 is 45.7. The third-order valence-electron chi connectivity index (χ3n) is 5.47. The van der Waals surface area contributed by atoms with Crippen molar-refractivity contribution in [2.45, 2.75) is 18.5 Å². The smallest absolute Gasteiger partial charge is 0.406 e. The van der Waals surface area contributed by atoms with Crippen LogP contribution in [0.2, 0.25) is 0 Å². The first-order valence-electron chi connectivity index (χ1n) is 10.4. The Morgan fingerprint density at radius 2 is 1.94 bits per heavy atom. The number of ether oxygens (including phenoxy) is 1. The van der Waals surface area contributed by atoms with E-state index in [0.29, 0.717) is 42.4 Å². The van der Waals surface area contributed by atoms with Crippen molar-refractivity contribution in [1.29, 1.82) is 0 Å². The van der Waals surface area contributed by atoms with Gasteiger partial charge in [0.1, 0.15) is 12.3 Å². The summed E-state index contributed by atoms with van der Waals surface area (Å²) in [5, 5.41) is 12.5. The number of carboxylic acids is 1. The number of hydrogen-bond acceptors (Lipinski definition) is 5. The van der Waals surface area contributed by atoms with E-state index >= 15 is 0 Å². The first-order valence-corrected chi connectivity index (χ1v) is 10.4. The van der Waals surface area contributed by atoms with Gasteiger partial charge in [-0.15, -0.1) is 0 Å². The van der Waals surface area contributed by atoms with E-state index in [1.807, 2.05) is 0 Å². The fourth-order valence-electron chi connectivity index (χ4n) is 3.91. The predicted molar refractivity (Wildman–Crippen MR) is 118 cm³/mol. The molecule has 2 heterocycles. The van der Waals surface area contributed by atoms with Gasteiger partial charge >= 0.3 is 12.1 Å². The van der Waals surface area contributed by atoms with Gasteiger partial charge in [0, 0.05) is 36.1 Å². The molecule has 2 aromatic carbocycles. The van der Waals surface area contributed by atoms with Gasteiger partial charge in [-0.1, -0.05) is 24.3 Å². The van der Waals surface area contributed by atoms with Gasteiger partial charge in [0.15, 0.2) is 0 Å². The van der Waals surface area contributed by atoms with Gasteiger partial charge in [0.05, 0.1) is 24.1 Å². The van der Waals surface area contributed by atoms with Crippen LogP contribution in [0, 0.1) is 0 Å². The van der Waals surface area contributed by atoms with Crippen LogP contribution in [0.25, 0.3) is 0 Å². The van der Waals surface area contributed by atoms with Crippen LogP contribution < -0.4 is 15.0 Å². The summed E-state index contributed by atoms with van der Waals surface area (Å²) in [6, 6.07) is 14.9. The quantitative estimate of drug-likeness (QED) is 0.491. The third kappa shape index (κ3) is 5.36. The lowest BCUT2D eigenvalue weighted by molar-refractivity contribution is -0.118. The number of alkyl halides is 3. The van der Waals surface area contributed by atoms with Crippen LogP contribution in [-0.4, -0.2) is 41.9 Å². The summed E-state index contributed by atoms with van der Waals surface area (Å²) in [5.74, 6) is -0.529. The van der Waals surface area contributed by atoms with Crippen molar-refractivity contribution in [3.63, 3.8) is 0 Å². The molecule has 4 rings (SSSR count). The van der Waals surface area contributed by atoms with E-state index in [-0.39, 0.29) is 11.5 Å². The van der Waals surface area contributed by atoms with Gasteiger partial charge in [-0.05, 0) is 36.2 Å². The Labute approximate surface area is 188 Å². The summed E-state index contributed by atoms with van der Waals surface area (Å²) in [5.41, 5.74) is 2.21. The van der Waals surface area contributed by atoms with E-state index in [4.69, 9.17) is 4.74 Å². The van der Waals surface area contributed by atoms with E-state index < -0.39 is 18.7 Å². The van der Waals surface area contributed by atoms with Crippen LogP contribution in [0.15, 0.2) is 67.0 Å². The number of anilines is 3. The number of halogens is 3. The normalized spacial score (nSPS) is 15.3. The molecule has 6 nitrogen and oxygen atoms in total. The first kappa shape index (κ1) is 22.4. The Bertz CT molecular complexity index is 1120. The Morgan fingerprint density at radius 1 is 1.15 bits per heavy atom. The van der Waals surface area contributed by atoms with E-state index in [1.165, 1.54) is 23.4 Å². The molecule has 1 aromatic heterocycles.